The molecule has 0 aromatic heterocycles. The summed E-state index contributed by atoms with van der Waals surface area (Å²) in [5, 5.41) is 0. The Morgan fingerprint density at radius 2 is 1.68 bits per heavy atom. The van der Waals surface area contributed by atoms with Crippen LogP contribution in [0.25, 0.3) is 0 Å². The molecule has 0 N–H and O–H groups in total. The minimum absolute atomic E-state index is 0.0170. The average molecular weight is 846 g/mol. The van der Waals surface area contributed by atoms with Crippen LogP contribution >= 0.6 is 34.8 Å². The number of terminal acetylenes is 1. The second-order valence-electron chi connectivity index (χ2n) is 13.1. The number of aryl methyl sites for hydroxylation is 2. The number of hydrogen-bond donors (Lipinski definition) is 0. The maximum Gasteiger partial charge on any atom is 0.265 e. The third-order valence-corrected chi connectivity index (χ3v) is 9.83. The van der Waals surface area contributed by atoms with Crippen LogP contribution in [0.4, 0.5) is 21.5 Å². The van der Waals surface area contributed by atoms with Crippen molar-refractivity contribution in [2.75, 3.05) is 60.5 Å². The van der Waals surface area contributed by atoms with Gasteiger partial charge in [-0.2, -0.15) is 0 Å². The smallest absolute Gasteiger partial charge is 0.265 e. The first-order valence-electron chi connectivity index (χ1n) is 18.3. The highest BCUT2D eigenvalue weighted by atomic mass is 35.5. The number of methoxy groups -OCH3 is 1. The number of benzene rings is 2. The van der Waals surface area contributed by atoms with Gasteiger partial charge in [0.25, 0.3) is 23.6 Å². The molecule has 306 valence electrons. The lowest BCUT2D eigenvalue weighted by Crippen LogP contribution is -2.43. The predicted octanol–water partition coefficient (Wildman–Crippen LogP) is 7.08. The molecule has 0 saturated heterocycles. The molecule has 1 aliphatic carbocycles. The van der Waals surface area contributed by atoms with Crippen LogP contribution in [0.2, 0.25) is 0 Å². The maximum absolute atomic E-state index is 14.7. The normalized spacial score (nSPS) is 14.9. The van der Waals surface area contributed by atoms with E-state index in [0.29, 0.717) is 43.7 Å². The van der Waals surface area contributed by atoms with Gasteiger partial charge in [-0.15, -0.1) is 31.2 Å². The molecule has 0 fully saturated rings. The lowest BCUT2D eigenvalue weighted by atomic mass is 9.93. The molecule has 11 nitrogen and oxygen atoms in total. The van der Waals surface area contributed by atoms with Gasteiger partial charge in [-0.05, 0) is 63.1 Å². The summed E-state index contributed by atoms with van der Waals surface area (Å²) < 4.78 is 25.1. The summed E-state index contributed by atoms with van der Waals surface area (Å²) in [7, 11) is 1.64. The van der Waals surface area contributed by atoms with Gasteiger partial charge >= 0.3 is 0 Å². The Morgan fingerprint density at radius 1 is 1.07 bits per heavy atom. The largest absolute Gasteiger partial charge is 0.481 e. The van der Waals surface area contributed by atoms with Crippen LogP contribution in [0.5, 0.6) is 5.75 Å². The first-order chi connectivity index (χ1) is 27.2. The number of rotatable bonds is 13. The standard InChI is InChI=1S/C19H15FN2O4.C15H22ClNO2.C8H11Cl2NO/c1-2-7-21-15-9-14(13(20)8-16(15)26-10-17(21)23)22-18(24)11-5-3-4-6-12(11)19(22)25;1-5-13-8-6-7-11(2)15(13)17(14(18)9-16)12(3)10-19-4;1-3-5-11(6-4-2)8(12)7(9)10/h1,8-9H,3-7,10H2;6-8,12H,5,9-10H2,1-4H3;3-4,7H,1-2,5-6H2. The molecule has 5 rings (SSSR count). The van der Waals surface area contributed by atoms with Gasteiger partial charge in [0.2, 0.25) is 5.91 Å². The number of alkyl halides is 3. The van der Waals surface area contributed by atoms with Crippen molar-refractivity contribution in [1.29, 1.82) is 0 Å². The van der Waals surface area contributed by atoms with Crippen molar-refractivity contribution in [3.63, 3.8) is 0 Å². The van der Waals surface area contributed by atoms with Crippen LogP contribution in [0.1, 0.15) is 50.7 Å². The average Bonchev–Trinajstić information content (AvgIpc) is 3.45. The van der Waals surface area contributed by atoms with Crippen molar-refractivity contribution in [2.45, 2.75) is 63.8 Å². The van der Waals surface area contributed by atoms with Crippen LogP contribution in [-0.4, -0.2) is 91.2 Å². The molecule has 0 bridgehead atoms. The third-order valence-electron chi connectivity index (χ3n) is 9.22. The number of fused-ring (bicyclic) bond motifs is 1. The number of nitrogens with zero attached hydrogens (tertiary/aromatic N) is 4. The van der Waals surface area contributed by atoms with Crippen LogP contribution < -0.4 is 19.4 Å². The van der Waals surface area contributed by atoms with Gasteiger partial charge in [-0.3, -0.25) is 28.9 Å². The molecule has 2 aromatic carbocycles. The van der Waals surface area contributed by atoms with Gasteiger partial charge in [0.15, 0.2) is 17.3 Å². The van der Waals surface area contributed by atoms with Crippen LogP contribution in [0, 0.1) is 25.1 Å². The Bertz CT molecular complexity index is 1890. The summed E-state index contributed by atoms with van der Waals surface area (Å²) in [5.74, 6) is -0.0255. The lowest BCUT2D eigenvalue weighted by Gasteiger charge is -2.31. The number of halogens is 4. The van der Waals surface area contributed by atoms with Gasteiger partial charge in [0.05, 0.1) is 36.3 Å². The van der Waals surface area contributed by atoms with E-state index in [1.165, 1.54) is 15.9 Å². The zero-order chi connectivity index (χ0) is 42.4. The first-order valence-corrected chi connectivity index (χ1v) is 19.7. The van der Waals surface area contributed by atoms with Gasteiger partial charge in [-0.1, -0.05) is 66.4 Å². The molecule has 5 amide bonds. The highest BCUT2D eigenvalue weighted by molar-refractivity contribution is 6.53. The van der Waals surface area contributed by atoms with Crippen molar-refractivity contribution in [1.82, 2.24) is 4.90 Å². The fraction of sp³-hybridized carbons (Fsp3) is 0.405. The van der Waals surface area contributed by atoms with Crippen molar-refractivity contribution >= 4 is 81.4 Å². The second-order valence-corrected chi connectivity index (χ2v) is 14.5. The Labute approximate surface area is 349 Å². The highest BCUT2D eigenvalue weighted by Gasteiger charge is 2.42. The molecule has 3 aliphatic rings. The number of hydrogen-bond acceptors (Lipinski definition) is 7. The molecule has 2 aliphatic heterocycles. The molecular formula is C42H48Cl3FN4O7. The van der Waals surface area contributed by atoms with Crippen LogP contribution in [0.3, 0.4) is 0 Å². The summed E-state index contributed by atoms with van der Waals surface area (Å²) in [4.78, 5) is 65.1. The summed E-state index contributed by atoms with van der Waals surface area (Å²) in [6.07, 6.45) is 12.1. The Morgan fingerprint density at radius 3 is 2.19 bits per heavy atom. The van der Waals surface area contributed by atoms with E-state index in [9.17, 15) is 28.4 Å². The first kappa shape index (κ1) is 46.7. The highest BCUT2D eigenvalue weighted by Crippen LogP contribution is 2.41. The number of amides is 5. The second kappa shape index (κ2) is 22.3. The summed E-state index contributed by atoms with van der Waals surface area (Å²) in [6.45, 7) is 14.2. The van der Waals surface area contributed by atoms with Crippen molar-refractivity contribution in [2.24, 2.45) is 0 Å². The summed E-state index contributed by atoms with van der Waals surface area (Å²) >= 11 is 16.6. The predicted molar refractivity (Wildman–Crippen MR) is 224 cm³/mol. The van der Waals surface area contributed by atoms with Gasteiger partial charge < -0.3 is 19.3 Å². The molecule has 57 heavy (non-hydrogen) atoms. The number of carbonyl (C=O) groups is 5. The quantitative estimate of drug-likeness (QED) is 0.0916. The van der Waals surface area contributed by atoms with Crippen molar-refractivity contribution in [3.8, 4) is 18.1 Å². The fourth-order valence-electron chi connectivity index (χ4n) is 6.63. The SMILES string of the molecule is C#CCN1C(=O)COc2cc(F)c(N3C(=O)C4=C(CCCC4)C3=O)cc21.C=CCN(CC=C)C(=O)C(Cl)Cl.CCc1cccc(C)c1N(C(=O)CCl)C(C)COC. The van der Waals surface area contributed by atoms with E-state index in [2.05, 4.69) is 32.1 Å². The van der Waals surface area contributed by atoms with Crippen LogP contribution in [0.15, 0.2) is 66.8 Å². The minimum atomic E-state index is -1.01. The monoisotopic (exact) mass is 844 g/mol. The third kappa shape index (κ3) is 11.3. The van der Waals surface area contributed by atoms with Gasteiger partial charge in [-0.25, -0.2) is 9.29 Å². The molecule has 2 heterocycles. The number of imide groups is 1. The fourth-order valence-corrected chi connectivity index (χ4v) is 7.03. The van der Waals surface area contributed by atoms with E-state index < -0.39 is 22.5 Å². The number of ether oxygens (including phenoxy) is 2. The molecule has 0 saturated carbocycles. The molecule has 0 radical (unpaired) electrons. The van der Waals surface area contributed by atoms with E-state index in [-0.39, 0.29) is 59.9 Å². The van der Waals surface area contributed by atoms with Crippen molar-refractivity contribution in [3.05, 3.63) is 83.7 Å². The molecule has 1 unspecified atom stereocenters. The van der Waals surface area contributed by atoms with E-state index in [0.717, 1.165) is 47.0 Å². The molecule has 1 atom stereocenters. The van der Waals surface area contributed by atoms with E-state index in [4.69, 9.17) is 50.7 Å². The maximum atomic E-state index is 14.7. The Balaban J connectivity index is 0.000000248. The van der Waals surface area contributed by atoms with Crippen LogP contribution in [-0.2, 0) is 35.1 Å². The zero-order valence-electron chi connectivity index (χ0n) is 32.6. The lowest BCUT2D eigenvalue weighted by molar-refractivity contribution is -0.128. The van der Waals surface area contributed by atoms with Gasteiger partial charge in [0.1, 0.15) is 11.6 Å². The number of carbonyl (C=O) groups excluding carboxylic acids is 5. The topological polar surface area (TPSA) is 117 Å². The van der Waals surface area contributed by atoms with E-state index in [1.807, 2.05) is 26.0 Å². The molecule has 0 spiro atoms. The van der Waals surface area contributed by atoms with Crippen molar-refractivity contribution < 1.29 is 37.8 Å². The van der Waals surface area contributed by atoms with Gasteiger partial charge in [0, 0.05) is 37.4 Å². The Kier molecular flexibility index (Phi) is 18.3. The molecule has 2 aromatic rings. The Hall–Kier alpha value is -4.67. The summed E-state index contributed by atoms with van der Waals surface area (Å²) in [6, 6.07) is 8.41. The molecular weight excluding hydrogens is 798 g/mol. The minimum Gasteiger partial charge on any atom is -0.481 e. The zero-order valence-corrected chi connectivity index (χ0v) is 34.9. The van der Waals surface area contributed by atoms with E-state index in [1.54, 1.807) is 24.2 Å². The molecule has 15 heteroatoms. The van der Waals surface area contributed by atoms with E-state index >= 15 is 0 Å². The number of para-hydroxylation sites is 1. The summed E-state index contributed by atoms with van der Waals surface area (Å²) in [5.41, 5.74) is 4.20. The number of anilines is 3.